The van der Waals surface area contributed by atoms with Crippen LogP contribution in [0.3, 0.4) is 0 Å². The van der Waals surface area contributed by atoms with E-state index in [4.69, 9.17) is 17.2 Å². The summed E-state index contributed by atoms with van der Waals surface area (Å²) in [4.78, 5) is 14.6. The minimum absolute atomic E-state index is 0.0706. The van der Waals surface area contributed by atoms with Crippen LogP contribution in [0.25, 0.3) is 0 Å². The maximum absolute atomic E-state index is 10.9. The predicted octanol–water partition coefficient (Wildman–Crippen LogP) is -1.04. The second kappa shape index (κ2) is 6.60. The molecular weight excluding hydrogens is 156 g/mol. The molecule has 0 aromatic heterocycles. The molecule has 0 aromatic carbocycles. The highest BCUT2D eigenvalue weighted by Crippen LogP contribution is 1.94. The van der Waals surface area contributed by atoms with Gasteiger partial charge < -0.3 is 17.2 Å². The minimum atomic E-state index is 0.0706. The van der Waals surface area contributed by atoms with Crippen LogP contribution in [0.1, 0.15) is 19.3 Å². The number of hydrogen-bond acceptors (Lipinski definition) is 3. The Morgan fingerprint density at radius 3 is 2.42 bits per heavy atom. The lowest BCUT2D eigenvalue weighted by molar-refractivity contribution is -0.118. The van der Waals surface area contributed by atoms with E-state index in [9.17, 15) is 4.79 Å². The van der Waals surface area contributed by atoms with Crippen molar-refractivity contribution in [2.75, 3.05) is 13.1 Å². The first-order valence-electron chi connectivity index (χ1n) is 3.94. The van der Waals surface area contributed by atoms with Gasteiger partial charge in [-0.15, -0.1) is 0 Å². The normalized spacial score (nSPS) is 9.42. The smallest absolute Gasteiger partial charge is 0.185 e. The average molecular weight is 172 g/mol. The molecule has 5 heteroatoms. The summed E-state index contributed by atoms with van der Waals surface area (Å²) in [6, 6.07) is 0. The SMILES string of the molecule is NCCC(=O)CCCN=C(N)N. The standard InChI is InChI=1S/C7H16N4O/c8-4-3-6(12)2-1-5-11-7(9)10/h1-5,8H2,(H4,9,10,11). The zero-order valence-electron chi connectivity index (χ0n) is 7.12. The average Bonchev–Trinajstić information content (AvgIpc) is 1.98. The van der Waals surface area contributed by atoms with Crippen molar-refractivity contribution in [1.29, 1.82) is 0 Å². The molecule has 70 valence electrons. The molecule has 0 aliphatic heterocycles. The highest BCUT2D eigenvalue weighted by Gasteiger charge is 1.98. The first kappa shape index (κ1) is 10.9. The Morgan fingerprint density at radius 1 is 1.25 bits per heavy atom. The molecule has 0 amide bonds. The monoisotopic (exact) mass is 172 g/mol. The van der Waals surface area contributed by atoms with Gasteiger partial charge in [-0.2, -0.15) is 0 Å². The van der Waals surface area contributed by atoms with Crippen LogP contribution in [0.15, 0.2) is 4.99 Å². The zero-order valence-corrected chi connectivity index (χ0v) is 7.12. The van der Waals surface area contributed by atoms with Gasteiger partial charge >= 0.3 is 0 Å². The second-order valence-corrected chi connectivity index (χ2v) is 2.49. The van der Waals surface area contributed by atoms with E-state index >= 15 is 0 Å². The third kappa shape index (κ3) is 7.01. The van der Waals surface area contributed by atoms with E-state index < -0.39 is 0 Å². The fourth-order valence-corrected chi connectivity index (χ4v) is 0.770. The molecule has 0 aromatic rings. The van der Waals surface area contributed by atoms with Crippen molar-refractivity contribution >= 4 is 11.7 Å². The van der Waals surface area contributed by atoms with E-state index in [2.05, 4.69) is 4.99 Å². The van der Waals surface area contributed by atoms with Gasteiger partial charge in [0.2, 0.25) is 0 Å². The Bertz CT molecular complexity index is 163. The second-order valence-electron chi connectivity index (χ2n) is 2.49. The molecule has 5 nitrogen and oxygen atoms in total. The Morgan fingerprint density at radius 2 is 1.92 bits per heavy atom. The number of carbonyl (C=O) groups excluding carboxylic acids is 1. The van der Waals surface area contributed by atoms with Gasteiger partial charge in [0.15, 0.2) is 5.96 Å². The molecule has 0 rings (SSSR count). The number of rotatable bonds is 6. The maximum atomic E-state index is 10.9. The topological polar surface area (TPSA) is 107 Å². The van der Waals surface area contributed by atoms with Crippen molar-refractivity contribution in [3.05, 3.63) is 0 Å². The van der Waals surface area contributed by atoms with E-state index in [1.165, 1.54) is 0 Å². The molecule has 0 saturated carbocycles. The van der Waals surface area contributed by atoms with Gasteiger partial charge in [-0.05, 0) is 13.0 Å². The molecule has 0 atom stereocenters. The lowest BCUT2D eigenvalue weighted by Gasteiger charge is -1.96. The number of Topliss-reactive ketones (excluding diaryl/α,β-unsaturated/α-hetero) is 1. The van der Waals surface area contributed by atoms with Crippen molar-refractivity contribution in [2.24, 2.45) is 22.2 Å². The molecule has 0 radical (unpaired) electrons. The number of aliphatic imine (C=N–C) groups is 1. The van der Waals surface area contributed by atoms with Crippen molar-refractivity contribution in [3.8, 4) is 0 Å². The van der Waals surface area contributed by atoms with Crippen LogP contribution in [-0.2, 0) is 4.79 Å². The van der Waals surface area contributed by atoms with E-state index in [1.807, 2.05) is 0 Å². The van der Waals surface area contributed by atoms with Gasteiger partial charge in [0, 0.05) is 19.4 Å². The third-order valence-corrected chi connectivity index (χ3v) is 1.33. The number of ketones is 1. The summed E-state index contributed by atoms with van der Waals surface area (Å²) >= 11 is 0. The van der Waals surface area contributed by atoms with Crippen molar-refractivity contribution in [3.63, 3.8) is 0 Å². The van der Waals surface area contributed by atoms with E-state index in [1.54, 1.807) is 0 Å². The van der Waals surface area contributed by atoms with Gasteiger partial charge in [-0.1, -0.05) is 0 Å². The van der Waals surface area contributed by atoms with Crippen molar-refractivity contribution in [1.82, 2.24) is 0 Å². The lowest BCUT2D eigenvalue weighted by Crippen LogP contribution is -2.23. The summed E-state index contributed by atoms with van der Waals surface area (Å²) in [7, 11) is 0. The van der Waals surface area contributed by atoms with Crippen molar-refractivity contribution in [2.45, 2.75) is 19.3 Å². The highest BCUT2D eigenvalue weighted by molar-refractivity contribution is 5.78. The maximum Gasteiger partial charge on any atom is 0.185 e. The first-order chi connectivity index (χ1) is 5.66. The largest absolute Gasteiger partial charge is 0.370 e. The molecule has 12 heavy (non-hydrogen) atoms. The molecule has 0 spiro atoms. The highest BCUT2D eigenvalue weighted by atomic mass is 16.1. The van der Waals surface area contributed by atoms with E-state index in [0.717, 1.165) is 0 Å². The summed E-state index contributed by atoms with van der Waals surface area (Å²) in [5.74, 6) is 0.240. The van der Waals surface area contributed by atoms with Gasteiger partial charge in [0.1, 0.15) is 5.78 Å². The molecule has 0 unspecified atom stereocenters. The molecule has 0 bridgehead atoms. The molecule has 6 N–H and O–H groups in total. The van der Waals surface area contributed by atoms with Crippen LogP contribution >= 0.6 is 0 Å². The summed E-state index contributed by atoms with van der Waals surface area (Å²) in [6.45, 7) is 0.930. The minimum Gasteiger partial charge on any atom is -0.370 e. The van der Waals surface area contributed by atoms with Crippen LogP contribution in [0.4, 0.5) is 0 Å². The Labute approximate surface area is 72.0 Å². The summed E-state index contributed by atoms with van der Waals surface area (Å²) < 4.78 is 0. The molecule has 0 aliphatic carbocycles. The number of guanidine groups is 1. The fraction of sp³-hybridized carbons (Fsp3) is 0.714. The third-order valence-electron chi connectivity index (χ3n) is 1.33. The quantitative estimate of drug-likeness (QED) is 0.270. The summed E-state index contributed by atoms with van der Waals surface area (Å²) in [5, 5.41) is 0. The molecule has 0 fully saturated rings. The molecule has 0 saturated heterocycles. The summed E-state index contributed by atoms with van der Waals surface area (Å²) in [5.41, 5.74) is 15.4. The first-order valence-corrected chi connectivity index (χ1v) is 3.94. The Kier molecular flexibility index (Phi) is 6.00. The van der Waals surface area contributed by atoms with Crippen molar-refractivity contribution < 1.29 is 4.79 Å². The molecule has 0 aliphatic rings. The Balaban J connectivity index is 3.31. The predicted molar refractivity (Wildman–Crippen MR) is 48.6 cm³/mol. The van der Waals surface area contributed by atoms with Crippen LogP contribution in [0.5, 0.6) is 0 Å². The Hall–Kier alpha value is -1.10. The van der Waals surface area contributed by atoms with Gasteiger partial charge in [0.25, 0.3) is 0 Å². The molecular formula is C7H16N4O. The number of nitrogens with zero attached hydrogens (tertiary/aromatic N) is 1. The summed E-state index contributed by atoms with van der Waals surface area (Å²) in [6.07, 6.45) is 1.65. The lowest BCUT2D eigenvalue weighted by atomic mass is 10.2. The van der Waals surface area contributed by atoms with Crippen LogP contribution < -0.4 is 17.2 Å². The zero-order chi connectivity index (χ0) is 9.40. The fourth-order valence-electron chi connectivity index (χ4n) is 0.770. The van der Waals surface area contributed by atoms with Gasteiger partial charge in [-0.3, -0.25) is 9.79 Å². The number of nitrogens with two attached hydrogens (primary N) is 3. The van der Waals surface area contributed by atoms with Crippen LogP contribution in [-0.4, -0.2) is 24.8 Å². The van der Waals surface area contributed by atoms with Gasteiger partial charge in [0.05, 0.1) is 0 Å². The van der Waals surface area contributed by atoms with E-state index in [-0.39, 0.29) is 11.7 Å². The van der Waals surface area contributed by atoms with E-state index in [0.29, 0.717) is 32.4 Å². The van der Waals surface area contributed by atoms with Gasteiger partial charge in [-0.25, -0.2) is 0 Å². The number of hydrogen-bond donors (Lipinski definition) is 3. The molecule has 0 heterocycles. The van der Waals surface area contributed by atoms with Crippen LogP contribution in [0.2, 0.25) is 0 Å². The van der Waals surface area contributed by atoms with Crippen LogP contribution in [0, 0.1) is 0 Å². The number of carbonyl (C=O) groups is 1.